The molecule has 3 atom stereocenters. The fraction of sp³-hybridized carbons (Fsp3) is 0.412. The van der Waals surface area contributed by atoms with E-state index in [1.54, 1.807) is 58.0 Å². The first kappa shape index (κ1) is 36.7. The number of benzene rings is 3. The molecule has 14 heteroatoms. The summed E-state index contributed by atoms with van der Waals surface area (Å²) in [5.74, 6) is -2.29. The lowest BCUT2D eigenvalue weighted by Gasteiger charge is -2.34. The standard InChI is InChI=1S/C34H41BrN4O8S/c1-20-30(36-31(41)21(2)37(6)33(43)47-34(3,4)5)32(42)38(18-25-24-15-14-23(35)17-22(24)13-16-28(25)46-7)26-11-9-10-12-27(26)39(20)29(40)19-48(8,44)45/h9-17,20-21,30H,18-19H2,1-8H3,(H,36,41)/t20-,21-,30-/m0/s1. The molecule has 3 aromatic carbocycles. The average Bonchev–Trinajstić information content (AvgIpc) is 3.07. The summed E-state index contributed by atoms with van der Waals surface area (Å²) in [5.41, 5.74) is 0.503. The first-order chi connectivity index (χ1) is 22.3. The van der Waals surface area contributed by atoms with E-state index in [1.807, 2.05) is 24.3 Å². The van der Waals surface area contributed by atoms with Gasteiger partial charge in [-0.15, -0.1) is 0 Å². The lowest BCUT2D eigenvalue weighted by Crippen LogP contribution is -2.60. The smallest absolute Gasteiger partial charge is 0.410 e. The number of ether oxygens (including phenoxy) is 2. The van der Waals surface area contributed by atoms with Crippen LogP contribution in [-0.2, 0) is 35.5 Å². The molecular formula is C34H41BrN4O8S. The molecule has 0 spiro atoms. The minimum atomic E-state index is -3.77. The van der Waals surface area contributed by atoms with Gasteiger partial charge in [-0.05, 0) is 75.7 Å². The molecule has 3 aromatic rings. The van der Waals surface area contributed by atoms with Crippen molar-refractivity contribution in [1.82, 2.24) is 10.2 Å². The summed E-state index contributed by atoms with van der Waals surface area (Å²) in [5, 5.41) is 4.47. The van der Waals surface area contributed by atoms with Crippen molar-refractivity contribution in [2.45, 2.75) is 64.9 Å². The van der Waals surface area contributed by atoms with Crippen LogP contribution in [0, 0.1) is 0 Å². The van der Waals surface area contributed by atoms with Gasteiger partial charge in [0.15, 0.2) is 9.84 Å². The van der Waals surface area contributed by atoms with Gasteiger partial charge in [0.05, 0.1) is 31.1 Å². The minimum Gasteiger partial charge on any atom is -0.496 e. The molecule has 12 nitrogen and oxygen atoms in total. The number of amides is 4. The van der Waals surface area contributed by atoms with Crippen LogP contribution in [-0.4, -0.2) is 87.0 Å². The van der Waals surface area contributed by atoms with E-state index in [0.717, 1.165) is 26.4 Å². The number of methoxy groups -OCH3 is 1. The van der Waals surface area contributed by atoms with Crippen LogP contribution in [0.1, 0.15) is 40.2 Å². The van der Waals surface area contributed by atoms with Crippen molar-refractivity contribution in [2.24, 2.45) is 0 Å². The van der Waals surface area contributed by atoms with Crippen molar-refractivity contribution < 1.29 is 37.1 Å². The zero-order chi connectivity index (χ0) is 35.7. The van der Waals surface area contributed by atoms with Crippen LogP contribution in [0.4, 0.5) is 16.2 Å². The van der Waals surface area contributed by atoms with Gasteiger partial charge in [-0.25, -0.2) is 13.2 Å². The van der Waals surface area contributed by atoms with Crippen LogP contribution in [0.3, 0.4) is 0 Å². The fourth-order valence-corrected chi connectivity index (χ4v) is 6.52. The lowest BCUT2D eigenvalue weighted by atomic mass is 10.0. The van der Waals surface area contributed by atoms with E-state index in [1.165, 1.54) is 30.9 Å². The summed E-state index contributed by atoms with van der Waals surface area (Å²) in [6, 6.07) is 12.7. The molecule has 1 N–H and O–H groups in total. The van der Waals surface area contributed by atoms with Crippen molar-refractivity contribution in [2.75, 3.05) is 36.0 Å². The quantitative estimate of drug-likeness (QED) is 0.351. The van der Waals surface area contributed by atoms with Gasteiger partial charge in [0, 0.05) is 23.3 Å². The number of hydrogen-bond acceptors (Lipinski definition) is 8. The highest BCUT2D eigenvalue weighted by molar-refractivity contribution is 9.10. The number of carbonyl (C=O) groups excluding carboxylic acids is 4. The van der Waals surface area contributed by atoms with Gasteiger partial charge in [0.2, 0.25) is 11.8 Å². The third-order valence-corrected chi connectivity index (χ3v) is 9.30. The number of hydrogen-bond donors (Lipinski definition) is 1. The second kappa shape index (κ2) is 14.1. The number of rotatable bonds is 8. The Morgan fingerprint density at radius 2 is 1.71 bits per heavy atom. The van der Waals surface area contributed by atoms with Crippen molar-refractivity contribution in [1.29, 1.82) is 0 Å². The van der Waals surface area contributed by atoms with Gasteiger partial charge in [-0.2, -0.15) is 0 Å². The maximum Gasteiger partial charge on any atom is 0.410 e. The second-order valence-electron chi connectivity index (χ2n) is 12.9. The summed E-state index contributed by atoms with van der Waals surface area (Å²) in [6.45, 7) is 8.15. The number of carbonyl (C=O) groups is 4. The molecule has 0 bridgehead atoms. The molecule has 48 heavy (non-hydrogen) atoms. The first-order valence-electron chi connectivity index (χ1n) is 15.2. The maximum absolute atomic E-state index is 14.7. The third-order valence-electron chi connectivity index (χ3n) is 8.03. The zero-order valence-corrected chi connectivity index (χ0v) is 30.6. The molecule has 4 rings (SSSR count). The van der Waals surface area contributed by atoms with Crippen LogP contribution in [0.2, 0.25) is 0 Å². The Morgan fingerprint density at radius 1 is 1.06 bits per heavy atom. The number of fused-ring (bicyclic) bond motifs is 2. The van der Waals surface area contributed by atoms with E-state index in [-0.39, 0.29) is 6.54 Å². The SMILES string of the molecule is COc1ccc2cc(Br)ccc2c1CN1C(=O)[C@@H](NC(=O)[C@H](C)N(C)C(=O)OC(C)(C)C)[C@H](C)N(C(=O)CS(C)(=O)=O)c2ccccc21. The van der Waals surface area contributed by atoms with Gasteiger partial charge in [0.1, 0.15) is 29.2 Å². The zero-order valence-electron chi connectivity index (χ0n) is 28.2. The predicted molar refractivity (Wildman–Crippen MR) is 188 cm³/mol. The summed E-state index contributed by atoms with van der Waals surface area (Å²) in [6.07, 6.45) is 0.217. The molecule has 0 aromatic heterocycles. The van der Waals surface area contributed by atoms with Crippen molar-refractivity contribution in [3.8, 4) is 5.75 Å². The molecule has 0 fully saturated rings. The molecule has 0 unspecified atom stereocenters. The second-order valence-corrected chi connectivity index (χ2v) is 15.9. The number of anilines is 2. The Bertz CT molecular complexity index is 1860. The molecule has 0 radical (unpaired) electrons. The number of nitrogens with one attached hydrogen (secondary N) is 1. The van der Waals surface area contributed by atoms with Crippen molar-refractivity contribution >= 4 is 71.7 Å². The predicted octanol–water partition coefficient (Wildman–Crippen LogP) is 4.66. The highest BCUT2D eigenvalue weighted by Crippen LogP contribution is 2.39. The van der Waals surface area contributed by atoms with Crippen molar-refractivity contribution in [3.05, 3.63) is 64.6 Å². The van der Waals surface area contributed by atoms with E-state index in [0.29, 0.717) is 22.7 Å². The number of nitrogens with zero attached hydrogens (tertiary/aromatic N) is 3. The van der Waals surface area contributed by atoms with Crippen LogP contribution in [0.15, 0.2) is 59.1 Å². The van der Waals surface area contributed by atoms with Crippen LogP contribution >= 0.6 is 15.9 Å². The highest BCUT2D eigenvalue weighted by atomic mass is 79.9. The summed E-state index contributed by atoms with van der Waals surface area (Å²) in [4.78, 5) is 58.8. The van der Waals surface area contributed by atoms with Gasteiger partial charge in [-0.1, -0.05) is 40.2 Å². The van der Waals surface area contributed by atoms with Gasteiger partial charge in [-0.3, -0.25) is 19.3 Å². The summed E-state index contributed by atoms with van der Waals surface area (Å²) < 4.78 is 36.6. The normalized spacial score (nSPS) is 17.3. The average molecular weight is 746 g/mol. The number of halogens is 1. The molecule has 0 saturated heterocycles. The highest BCUT2D eigenvalue weighted by Gasteiger charge is 2.43. The van der Waals surface area contributed by atoms with Crippen molar-refractivity contribution in [3.63, 3.8) is 0 Å². The molecule has 0 saturated carbocycles. The van der Waals surface area contributed by atoms with Gasteiger partial charge >= 0.3 is 6.09 Å². The molecule has 1 aliphatic rings. The fourth-order valence-electron chi connectivity index (χ4n) is 5.56. The molecule has 0 aliphatic carbocycles. The van der Waals surface area contributed by atoms with Crippen LogP contribution < -0.4 is 19.9 Å². The summed E-state index contributed by atoms with van der Waals surface area (Å²) in [7, 11) is -0.831. The van der Waals surface area contributed by atoms with E-state index in [9.17, 15) is 27.6 Å². The van der Waals surface area contributed by atoms with E-state index < -0.39 is 63.1 Å². The van der Waals surface area contributed by atoms with Gasteiger partial charge < -0.3 is 24.6 Å². The van der Waals surface area contributed by atoms with E-state index >= 15 is 0 Å². The number of likely N-dealkylation sites (N-methyl/N-ethyl adjacent to an activating group) is 1. The summed E-state index contributed by atoms with van der Waals surface area (Å²) >= 11 is 3.51. The Kier molecular flexibility index (Phi) is 10.8. The Morgan fingerprint density at radius 3 is 2.31 bits per heavy atom. The molecule has 4 amide bonds. The number of sulfone groups is 1. The van der Waals surface area contributed by atoms with Gasteiger partial charge in [0.25, 0.3) is 5.91 Å². The Balaban J connectivity index is 1.84. The van der Waals surface area contributed by atoms with E-state index in [4.69, 9.17) is 9.47 Å². The van der Waals surface area contributed by atoms with Crippen LogP contribution in [0.25, 0.3) is 10.8 Å². The van der Waals surface area contributed by atoms with E-state index in [2.05, 4.69) is 21.2 Å². The first-order valence-corrected chi connectivity index (χ1v) is 18.1. The molecular weight excluding hydrogens is 704 g/mol. The number of para-hydroxylation sites is 2. The molecule has 1 aliphatic heterocycles. The molecule has 258 valence electrons. The molecule has 1 heterocycles. The largest absolute Gasteiger partial charge is 0.496 e. The third kappa shape index (κ3) is 8.09. The Hall–Kier alpha value is -4.17. The van der Waals surface area contributed by atoms with Crippen LogP contribution in [0.5, 0.6) is 5.75 Å². The minimum absolute atomic E-state index is 0.0153. The monoisotopic (exact) mass is 744 g/mol. The maximum atomic E-state index is 14.7. The Labute approximate surface area is 289 Å². The lowest BCUT2D eigenvalue weighted by molar-refractivity contribution is -0.131. The topological polar surface area (TPSA) is 143 Å².